The van der Waals surface area contributed by atoms with E-state index in [2.05, 4.69) is 31.7 Å². The summed E-state index contributed by atoms with van der Waals surface area (Å²) in [4.78, 5) is 20.9. The van der Waals surface area contributed by atoms with Crippen LogP contribution in [-0.4, -0.2) is 26.5 Å². The van der Waals surface area contributed by atoms with E-state index in [1.54, 1.807) is 0 Å². The van der Waals surface area contributed by atoms with Crippen molar-refractivity contribution in [2.75, 3.05) is 5.73 Å². The Hall–Kier alpha value is -3.33. The highest BCUT2D eigenvalue weighted by Crippen LogP contribution is 2.31. The van der Waals surface area contributed by atoms with E-state index in [4.69, 9.17) is 5.73 Å². The van der Waals surface area contributed by atoms with Crippen LogP contribution in [0.4, 0.5) is 5.82 Å². The number of rotatable bonds is 4. The molecule has 2 aromatic heterocycles. The molecule has 1 aromatic carbocycles. The zero-order valence-corrected chi connectivity index (χ0v) is 16.2. The predicted molar refractivity (Wildman–Crippen MR) is 112 cm³/mol. The largest absolute Gasteiger partial charge is 0.383 e. The van der Waals surface area contributed by atoms with Crippen LogP contribution in [0.2, 0.25) is 0 Å². The van der Waals surface area contributed by atoms with Gasteiger partial charge in [-0.05, 0) is 49.8 Å². The summed E-state index contributed by atoms with van der Waals surface area (Å²) in [6, 6.07) is 7.76. The standard InChI is InChI=1S/C23H23N5O/c24-21-20-18(13-28(12-16-4-1-5-16)22(20)26-14-25-21)8-7-15-3-2-6-17(11-15)23(29)27-19-9-10-19/h2-3,6,11,13-14,16,19H,1,4-5,9-10,12H2,(H,27,29)(H2,24,25,26). The number of benzene rings is 1. The first kappa shape index (κ1) is 17.7. The molecule has 3 aromatic rings. The number of hydrogen-bond donors (Lipinski definition) is 2. The molecule has 2 aliphatic carbocycles. The van der Waals surface area contributed by atoms with E-state index in [9.17, 15) is 4.79 Å². The maximum absolute atomic E-state index is 12.3. The van der Waals surface area contributed by atoms with Crippen molar-refractivity contribution in [3.8, 4) is 11.8 Å². The molecule has 0 spiro atoms. The molecule has 6 heteroatoms. The molecule has 6 nitrogen and oxygen atoms in total. The van der Waals surface area contributed by atoms with Gasteiger partial charge < -0.3 is 15.6 Å². The first-order valence-corrected chi connectivity index (χ1v) is 10.2. The molecule has 2 fully saturated rings. The molecule has 2 saturated carbocycles. The lowest BCUT2D eigenvalue weighted by Gasteiger charge is -2.25. The summed E-state index contributed by atoms with van der Waals surface area (Å²) in [5.74, 6) is 7.53. The fourth-order valence-electron chi connectivity index (χ4n) is 3.71. The Bertz CT molecular complexity index is 1150. The van der Waals surface area contributed by atoms with Crippen molar-refractivity contribution in [1.82, 2.24) is 19.9 Å². The second-order valence-corrected chi connectivity index (χ2v) is 8.03. The summed E-state index contributed by atoms with van der Waals surface area (Å²) in [5, 5.41) is 3.82. The molecule has 0 atom stereocenters. The molecule has 3 N–H and O–H groups in total. The van der Waals surface area contributed by atoms with Gasteiger partial charge in [0, 0.05) is 29.9 Å². The first-order chi connectivity index (χ1) is 14.2. The summed E-state index contributed by atoms with van der Waals surface area (Å²) in [7, 11) is 0. The van der Waals surface area contributed by atoms with E-state index in [-0.39, 0.29) is 5.91 Å². The molecule has 5 rings (SSSR count). The van der Waals surface area contributed by atoms with E-state index in [1.807, 2.05) is 30.5 Å². The molecule has 2 heterocycles. The molecule has 0 bridgehead atoms. The number of carbonyl (C=O) groups is 1. The van der Waals surface area contributed by atoms with Gasteiger partial charge in [-0.3, -0.25) is 4.79 Å². The van der Waals surface area contributed by atoms with E-state index in [0.717, 1.165) is 41.5 Å². The summed E-state index contributed by atoms with van der Waals surface area (Å²) in [6.45, 7) is 0.936. The van der Waals surface area contributed by atoms with Crippen LogP contribution in [0.3, 0.4) is 0 Å². The van der Waals surface area contributed by atoms with Gasteiger partial charge >= 0.3 is 0 Å². The lowest BCUT2D eigenvalue weighted by molar-refractivity contribution is 0.0951. The maximum Gasteiger partial charge on any atom is 0.251 e. The quantitative estimate of drug-likeness (QED) is 0.676. The lowest BCUT2D eigenvalue weighted by Crippen LogP contribution is -2.25. The van der Waals surface area contributed by atoms with Crippen LogP contribution >= 0.6 is 0 Å². The maximum atomic E-state index is 12.3. The SMILES string of the molecule is Nc1ncnc2c1c(C#Cc1cccc(C(=O)NC3CC3)c1)cn2CC1CCC1. The number of aromatic nitrogens is 3. The van der Waals surface area contributed by atoms with Crippen LogP contribution in [0.1, 0.15) is 53.6 Å². The summed E-state index contributed by atoms with van der Waals surface area (Å²) in [5.41, 5.74) is 9.24. The highest BCUT2D eigenvalue weighted by Gasteiger charge is 2.24. The number of anilines is 1. The third kappa shape index (κ3) is 3.68. The number of nitrogen functional groups attached to an aromatic ring is 1. The van der Waals surface area contributed by atoms with E-state index in [1.165, 1.54) is 25.6 Å². The van der Waals surface area contributed by atoms with Gasteiger partial charge in [-0.2, -0.15) is 0 Å². The van der Waals surface area contributed by atoms with Gasteiger partial charge in [0.05, 0.1) is 10.9 Å². The number of amides is 1. The Morgan fingerprint density at radius 1 is 1.21 bits per heavy atom. The Balaban J connectivity index is 1.46. The predicted octanol–water partition coefficient (Wildman–Crippen LogP) is 3.11. The molecule has 0 saturated heterocycles. The lowest BCUT2D eigenvalue weighted by atomic mass is 9.85. The molecule has 0 radical (unpaired) electrons. The number of carbonyl (C=O) groups excluding carboxylic acids is 1. The summed E-state index contributed by atoms with van der Waals surface area (Å²) >= 11 is 0. The van der Waals surface area contributed by atoms with Crippen LogP contribution < -0.4 is 11.1 Å². The fourth-order valence-corrected chi connectivity index (χ4v) is 3.71. The van der Waals surface area contributed by atoms with Crippen LogP contribution in [0, 0.1) is 17.8 Å². The Kier molecular flexibility index (Phi) is 4.44. The smallest absolute Gasteiger partial charge is 0.251 e. The van der Waals surface area contributed by atoms with Gasteiger partial charge in [-0.25, -0.2) is 9.97 Å². The van der Waals surface area contributed by atoms with Crippen molar-refractivity contribution >= 4 is 22.8 Å². The van der Waals surface area contributed by atoms with Crippen LogP contribution in [-0.2, 0) is 6.54 Å². The zero-order chi connectivity index (χ0) is 19.8. The number of hydrogen-bond acceptors (Lipinski definition) is 4. The zero-order valence-electron chi connectivity index (χ0n) is 16.2. The Morgan fingerprint density at radius 3 is 2.83 bits per heavy atom. The molecule has 29 heavy (non-hydrogen) atoms. The van der Waals surface area contributed by atoms with Crippen molar-refractivity contribution in [2.24, 2.45) is 5.92 Å². The molecule has 0 unspecified atom stereocenters. The monoisotopic (exact) mass is 385 g/mol. The van der Waals surface area contributed by atoms with E-state index >= 15 is 0 Å². The van der Waals surface area contributed by atoms with Crippen molar-refractivity contribution in [1.29, 1.82) is 0 Å². The minimum atomic E-state index is -0.0362. The second kappa shape index (κ2) is 7.25. The number of nitrogens with two attached hydrogens (primary N) is 1. The van der Waals surface area contributed by atoms with Gasteiger partial charge in [-0.1, -0.05) is 24.3 Å². The van der Waals surface area contributed by atoms with Crippen molar-refractivity contribution in [3.63, 3.8) is 0 Å². The fraction of sp³-hybridized carbons (Fsp3) is 0.348. The molecular formula is C23H23N5O. The molecule has 1 amide bonds. The average Bonchev–Trinajstić information content (AvgIpc) is 3.43. The van der Waals surface area contributed by atoms with Crippen molar-refractivity contribution < 1.29 is 4.79 Å². The van der Waals surface area contributed by atoms with Crippen LogP contribution in [0.25, 0.3) is 11.0 Å². The highest BCUT2D eigenvalue weighted by atomic mass is 16.1. The Morgan fingerprint density at radius 2 is 2.07 bits per heavy atom. The normalized spacial score (nSPS) is 16.1. The average molecular weight is 385 g/mol. The van der Waals surface area contributed by atoms with Gasteiger partial charge in [-0.15, -0.1) is 0 Å². The van der Waals surface area contributed by atoms with Gasteiger partial charge in [0.1, 0.15) is 17.8 Å². The summed E-state index contributed by atoms with van der Waals surface area (Å²) in [6.07, 6.45) is 9.50. The highest BCUT2D eigenvalue weighted by molar-refractivity contribution is 5.95. The van der Waals surface area contributed by atoms with Crippen molar-refractivity contribution in [2.45, 2.75) is 44.7 Å². The van der Waals surface area contributed by atoms with Crippen LogP contribution in [0.15, 0.2) is 36.8 Å². The second-order valence-electron chi connectivity index (χ2n) is 8.03. The van der Waals surface area contributed by atoms with Gasteiger partial charge in [0.2, 0.25) is 0 Å². The number of nitrogens with one attached hydrogen (secondary N) is 1. The third-order valence-electron chi connectivity index (χ3n) is 5.74. The molecule has 0 aliphatic heterocycles. The molecule has 146 valence electrons. The van der Waals surface area contributed by atoms with Gasteiger partial charge in [0.25, 0.3) is 5.91 Å². The first-order valence-electron chi connectivity index (χ1n) is 10.2. The number of nitrogens with zero attached hydrogens (tertiary/aromatic N) is 3. The number of fused-ring (bicyclic) bond motifs is 1. The minimum absolute atomic E-state index is 0.0362. The minimum Gasteiger partial charge on any atom is -0.383 e. The van der Waals surface area contributed by atoms with Crippen LogP contribution in [0.5, 0.6) is 0 Å². The topological polar surface area (TPSA) is 85.8 Å². The summed E-state index contributed by atoms with van der Waals surface area (Å²) < 4.78 is 2.15. The molecular weight excluding hydrogens is 362 g/mol. The third-order valence-corrected chi connectivity index (χ3v) is 5.74. The Labute approximate surface area is 169 Å². The van der Waals surface area contributed by atoms with Crippen molar-refractivity contribution in [3.05, 3.63) is 53.5 Å². The van der Waals surface area contributed by atoms with E-state index < -0.39 is 0 Å². The molecule has 2 aliphatic rings. The van der Waals surface area contributed by atoms with Gasteiger partial charge in [0.15, 0.2) is 0 Å². The van der Waals surface area contributed by atoms with E-state index in [0.29, 0.717) is 23.3 Å².